The minimum atomic E-state index is -0.851. The molecule has 0 saturated heterocycles. The molecule has 1 aromatic rings. The van der Waals surface area contributed by atoms with Gasteiger partial charge in [-0.3, -0.25) is 0 Å². The molecule has 16 heavy (non-hydrogen) atoms. The summed E-state index contributed by atoms with van der Waals surface area (Å²) in [7, 11) is 0. The number of hydrogen-bond donors (Lipinski definition) is 1. The number of hydrogen-bond acceptors (Lipinski definition) is 1. The summed E-state index contributed by atoms with van der Waals surface area (Å²) in [5.41, 5.74) is 1.04. The van der Waals surface area contributed by atoms with Crippen molar-refractivity contribution in [3.8, 4) is 0 Å². The molecule has 88 valence electrons. The number of unbranched alkanes of at least 4 members (excludes halogenated alkanes) is 1. The standard InChI is InChI=1S/C15H22O/c1-4-6-10-13(3)15(16,5-2)14-11-8-7-9-12-14/h7-9,11-12,16H,3-6,10H2,1-2H3. The van der Waals surface area contributed by atoms with Gasteiger partial charge in [0.1, 0.15) is 5.60 Å². The molecule has 0 aliphatic carbocycles. The lowest BCUT2D eigenvalue weighted by Crippen LogP contribution is -2.26. The van der Waals surface area contributed by atoms with Gasteiger partial charge in [-0.05, 0) is 30.4 Å². The molecule has 0 heterocycles. The highest BCUT2D eigenvalue weighted by Crippen LogP contribution is 2.34. The lowest BCUT2D eigenvalue weighted by atomic mass is 9.82. The van der Waals surface area contributed by atoms with Crippen molar-refractivity contribution in [2.24, 2.45) is 0 Å². The van der Waals surface area contributed by atoms with E-state index in [4.69, 9.17) is 0 Å². The lowest BCUT2D eigenvalue weighted by molar-refractivity contribution is 0.0684. The molecule has 0 bridgehead atoms. The van der Waals surface area contributed by atoms with E-state index in [1.54, 1.807) is 0 Å². The number of aliphatic hydroxyl groups is 1. The fourth-order valence-corrected chi connectivity index (χ4v) is 1.97. The van der Waals surface area contributed by atoms with Crippen LogP contribution in [0, 0.1) is 0 Å². The first-order valence-electron chi connectivity index (χ1n) is 6.11. The van der Waals surface area contributed by atoms with Crippen molar-refractivity contribution >= 4 is 0 Å². The normalized spacial score (nSPS) is 14.4. The summed E-state index contributed by atoms with van der Waals surface area (Å²) in [6.45, 7) is 8.22. The highest BCUT2D eigenvalue weighted by molar-refractivity contribution is 5.31. The van der Waals surface area contributed by atoms with Gasteiger partial charge in [0.25, 0.3) is 0 Å². The van der Waals surface area contributed by atoms with E-state index in [1.807, 2.05) is 37.3 Å². The molecule has 0 amide bonds. The molecule has 0 saturated carbocycles. The van der Waals surface area contributed by atoms with Crippen molar-refractivity contribution in [2.75, 3.05) is 0 Å². The van der Waals surface area contributed by atoms with E-state index in [2.05, 4.69) is 13.5 Å². The molecule has 0 fully saturated rings. The maximum absolute atomic E-state index is 10.7. The van der Waals surface area contributed by atoms with Crippen LogP contribution in [0.25, 0.3) is 0 Å². The Morgan fingerprint density at radius 3 is 2.38 bits per heavy atom. The monoisotopic (exact) mass is 218 g/mol. The number of benzene rings is 1. The molecule has 0 aromatic heterocycles. The first-order chi connectivity index (χ1) is 7.65. The van der Waals surface area contributed by atoms with E-state index in [9.17, 15) is 5.11 Å². The van der Waals surface area contributed by atoms with Crippen LogP contribution in [-0.2, 0) is 5.60 Å². The van der Waals surface area contributed by atoms with Gasteiger partial charge in [-0.1, -0.05) is 57.2 Å². The van der Waals surface area contributed by atoms with Crippen molar-refractivity contribution in [3.05, 3.63) is 48.0 Å². The Hall–Kier alpha value is -1.08. The average molecular weight is 218 g/mol. The van der Waals surface area contributed by atoms with Gasteiger partial charge >= 0.3 is 0 Å². The SMILES string of the molecule is C=C(CCCC)C(O)(CC)c1ccccc1. The van der Waals surface area contributed by atoms with E-state index < -0.39 is 5.60 Å². The molecular weight excluding hydrogens is 196 g/mol. The van der Waals surface area contributed by atoms with E-state index in [0.717, 1.165) is 30.4 Å². The Balaban J connectivity index is 2.89. The summed E-state index contributed by atoms with van der Waals surface area (Å²) in [4.78, 5) is 0. The van der Waals surface area contributed by atoms with Crippen LogP contribution in [0.4, 0.5) is 0 Å². The van der Waals surface area contributed by atoms with E-state index in [1.165, 1.54) is 0 Å². The molecule has 0 radical (unpaired) electrons. The van der Waals surface area contributed by atoms with E-state index in [-0.39, 0.29) is 0 Å². The van der Waals surface area contributed by atoms with Crippen molar-refractivity contribution in [1.29, 1.82) is 0 Å². The summed E-state index contributed by atoms with van der Waals surface area (Å²) < 4.78 is 0. The van der Waals surface area contributed by atoms with Gasteiger partial charge in [-0.25, -0.2) is 0 Å². The molecule has 1 aromatic carbocycles. The minimum Gasteiger partial charge on any atom is -0.381 e. The third-order valence-corrected chi connectivity index (χ3v) is 3.18. The third kappa shape index (κ3) is 2.73. The fraction of sp³-hybridized carbons (Fsp3) is 0.467. The number of rotatable bonds is 6. The van der Waals surface area contributed by atoms with E-state index >= 15 is 0 Å². The zero-order valence-corrected chi connectivity index (χ0v) is 10.4. The van der Waals surface area contributed by atoms with Crippen LogP contribution in [0.5, 0.6) is 0 Å². The summed E-state index contributed by atoms with van der Waals surface area (Å²) in [5.74, 6) is 0. The minimum absolute atomic E-state index is 0.680. The molecule has 1 unspecified atom stereocenters. The molecule has 0 aliphatic rings. The second kappa shape index (κ2) is 5.86. The van der Waals surface area contributed by atoms with Crippen LogP contribution < -0.4 is 0 Å². The van der Waals surface area contributed by atoms with Gasteiger partial charge in [0.05, 0.1) is 0 Å². The molecule has 1 heteroatoms. The molecule has 0 spiro atoms. The topological polar surface area (TPSA) is 20.2 Å². The molecule has 1 N–H and O–H groups in total. The maximum Gasteiger partial charge on any atom is 0.110 e. The Labute approximate surface area is 98.8 Å². The first-order valence-corrected chi connectivity index (χ1v) is 6.11. The smallest absolute Gasteiger partial charge is 0.110 e. The van der Waals surface area contributed by atoms with Crippen LogP contribution in [0.3, 0.4) is 0 Å². The van der Waals surface area contributed by atoms with Gasteiger partial charge in [-0.15, -0.1) is 0 Å². The van der Waals surface area contributed by atoms with E-state index in [0.29, 0.717) is 6.42 Å². The highest BCUT2D eigenvalue weighted by Gasteiger charge is 2.29. The van der Waals surface area contributed by atoms with Crippen LogP contribution >= 0.6 is 0 Å². The van der Waals surface area contributed by atoms with Gasteiger partial charge in [0, 0.05) is 0 Å². The fourth-order valence-electron chi connectivity index (χ4n) is 1.97. The molecular formula is C15H22O. The molecule has 1 atom stereocenters. The predicted molar refractivity (Wildman–Crippen MR) is 69.3 cm³/mol. The highest BCUT2D eigenvalue weighted by atomic mass is 16.3. The summed E-state index contributed by atoms with van der Waals surface area (Å²) in [6, 6.07) is 9.84. The Morgan fingerprint density at radius 1 is 1.25 bits per heavy atom. The lowest BCUT2D eigenvalue weighted by Gasteiger charge is -2.30. The van der Waals surface area contributed by atoms with Crippen LogP contribution in [0.15, 0.2) is 42.5 Å². The van der Waals surface area contributed by atoms with Gasteiger partial charge in [0.2, 0.25) is 0 Å². The summed E-state index contributed by atoms with van der Waals surface area (Å²) in [6.07, 6.45) is 3.80. The Morgan fingerprint density at radius 2 is 1.88 bits per heavy atom. The zero-order valence-electron chi connectivity index (χ0n) is 10.4. The maximum atomic E-state index is 10.7. The van der Waals surface area contributed by atoms with Crippen molar-refractivity contribution in [1.82, 2.24) is 0 Å². The molecule has 1 nitrogen and oxygen atoms in total. The Kier molecular flexibility index (Phi) is 4.75. The average Bonchev–Trinajstić information content (AvgIpc) is 2.35. The zero-order chi connectivity index (χ0) is 12.0. The van der Waals surface area contributed by atoms with Gasteiger partial charge in [-0.2, -0.15) is 0 Å². The third-order valence-electron chi connectivity index (χ3n) is 3.18. The van der Waals surface area contributed by atoms with Crippen molar-refractivity contribution < 1.29 is 5.11 Å². The van der Waals surface area contributed by atoms with Gasteiger partial charge in [0.15, 0.2) is 0 Å². The van der Waals surface area contributed by atoms with Crippen LogP contribution in [-0.4, -0.2) is 5.11 Å². The summed E-state index contributed by atoms with van der Waals surface area (Å²) in [5, 5.41) is 10.7. The summed E-state index contributed by atoms with van der Waals surface area (Å²) >= 11 is 0. The predicted octanol–water partition coefficient (Wildman–Crippen LogP) is 4.03. The molecule has 0 aliphatic heterocycles. The first kappa shape index (κ1) is 13.0. The van der Waals surface area contributed by atoms with Crippen molar-refractivity contribution in [2.45, 2.75) is 45.1 Å². The molecule has 1 rings (SSSR count). The van der Waals surface area contributed by atoms with Gasteiger partial charge < -0.3 is 5.11 Å². The van der Waals surface area contributed by atoms with Crippen LogP contribution in [0.2, 0.25) is 0 Å². The Bertz CT molecular complexity index is 329. The van der Waals surface area contributed by atoms with Crippen LogP contribution in [0.1, 0.15) is 45.1 Å². The largest absolute Gasteiger partial charge is 0.381 e. The second-order valence-corrected chi connectivity index (χ2v) is 4.29. The van der Waals surface area contributed by atoms with Crippen molar-refractivity contribution in [3.63, 3.8) is 0 Å². The second-order valence-electron chi connectivity index (χ2n) is 4.29. The quantitative estimate of drug-likeness (QED) is 0.715.